The van der Waals surface area contributed by atoms with Crippen molar-refractivity contribution in [1.82, 2.24) is 10.3 Å². The Hall–Kier alpha value is -2.01. The molecule has 0 saturated carbocycles. The molecule has 0 radical (unpaired) electrons. The number of nitrogens with one attached hydrogen (secondary N) is 2. The Kier molecular flexibility index (Phi) is 4.53. The second-order valence-corrected chi connectivity index (χ2v) is 5.79. The van der Waals surface area contributed by atoms with Crippen LogP contribution in [0.5, 0.6) is 0 Å². The molecule has 0 aliphatic rings. The Morgan fingerprint density at radius 3 is 2.67 bits per heavy atom. The van der Waals surface area contributed by atoms with Crippen molar-refractivity contribution < 1.29 is 14.7 Å². The molecule has 6 heteroatoms. The average Bonchev–Trinajstić information content (AvgIpc) is 2.82. The zero-order valence-corrected chi connectivity index (χ0v) is 12.6. The first-order valence-corrected chi connectivity index (χ1v) is 7.07. The standard InChI is InChI=1S/C15H17ClN2O3/c1-8(2)6-12(15(20)21)18-14(19)11-7-9-4-3-5-10(16)13(9)17-11/h3-5,7-8,12,17H,6H2,1-2H3,(H,18,19)(H,20,21). The zero-order chi connectivity index (χ0) is 15.6. The van der Waals surface area contributed by atoms with Crippen LogP contribution in [0.4, 0.5) is 0 Å². The highest BCUT2D eigenvalue weighted by Crippen LogP contribution is 2.23. The number of fused-ring (bicyclic) bond motifs is 1. The van der Waals surface area contributed by atoms with Gasteiger partial charge < -0.3 is 15.4 Å². The quantitative estimate of drug-likeness (QED) is 0.794. The van der Waals surface area contributed by atoms with Gasteiger partial charge in [0.25, 0.3) is 5.91 Å². The number of aliphatic carboxylic acids is 1. The molecule has 0 aliphatic heterocycles. The number of H-pyrrole nitrogens is 1. The van der Waals surface area contributed by atoms with E-state index >= 15 is 0 Å². The number of amides is 1. The summed E-state index contributed by atoms with van der Waals surface area (Å²) in [5.74, 6) is -1.31. The molecule has 0 aliphatic carbocycles. The van der Waals surface area contributed by atoms with Crippen LogP contribution in [0.15, 0.2) is 24.3 Å². The minimum absolute atomic E-state index is 0.170. The van der Waals surface area contributed by atoms with Crippen molar-refractivity contribution in [2.75, 3.05) is 0 Å². The molecule has 2 aromatic rings. The Morgan fingerprint density at radius 2 is 2.10 bits per heavy atom. The predicted octanol–water partition coefficient (Wildman–Crippen LogP) is 3.05. The van der Waals surface area contributed by atoms with Gasteiger partial charge in [0.2, 0.25) is 0 Å². The predicted molar refractivity (Wildman–Crippen MR) is 81.7 cm³/mol. The number of rotatable bonds is 5. The highest BCUT2D eigenvalue weighted by Gasteiger charge is 2.22. The lowest BCUT2D eigenvalue weighted by atomic mass is 10.0. The van der Waals surface area contributed by atoms with Crippen LogP contribution in [0.3, 0.4) is 0 Å². The Bertz CT molecular complexity index is 679. The summed E-state index contributed by atoms with van der Waals surface area (Å²) in [6, 6.07) is 6.10. The number of carbonyl (C=O) groups is 2. The van der Waals surface area contributed by atoms with Crippen molar-refractivity contribution in [3.05, 3.63) is 35.0 Å². The minimum atomic E-state index is -1.04. The molecule has 0 fully saturated rings. The van der Waals surface area contributed by atoms with Gasteiger partial charge in [-0.3, -0.25) is 4.79 Å². The van der Waals surface area contributed by atoms with Crippen molar-refractivity contribution in [2.24, 2.45) is 5.92 Å². The van der Waals surface area contributed by atoms with Gasteiger partial charge in [0.05, 0.1) is 10.5 Å². The Balaban J connectivity index is 2.21. The SMILES string of the molecule is CC(C)CC(NC(=O)c1cc2cccc(Cl)c2[nH]1)C(=O)O. The molecule has 1 aromatic heterocycles. The molecule has 0 spiro atoms. The lowest BCUT2D eigenvalue weighted by Crippen LogP contribution is -2.41. The first kappa shape index (κ1) is 15.4. The fourth-order valence-corrected chi connectivity index (χ4v) is 2.40. The van der Waals surface area contributed by atoms with Crippen LogP contribution in [0, 0.1) is 5.92 Å². The Labute approximate surface area is 127 Å². The zero-order valence-electron chi connectivity index (χ0n) is 11.8. The van der Waals surface area contributed by atoms with Gasteiger partial charge in [-0.15, -0.1) is 0 Å². The lowest BCUT2D eigenvalue weighted by molar-refractivity contribution is -0.139. The van der Waals surface area contributed by atoms with E-state index in [1.54, 1.807) is 18.2 Å². The molecule has 5 nitrogen and oxygen atoms in total. The van der Waals surface area contributed by atoms with Gasteiger partial charge in [0.1, 0.15) is 11.7 Å². The van der Waals surface area contributed by atoms with E-state index in [0.717, 1.165) is 5.39 Å². The number of para-hydroxylation sites is 1. The molecule has 21 heavy (non-hydrogen) atoms. The van der Waals surface area contributed by atoms with Crippen LogP contribution in [0.1, 0.15) is 30.8 Å². The smallest absolute Gasteiger partial charge is 0.326 e. The number of aromatic amines is 1. The van der Waals surface area contributed by atoms with E-state index in [9.17, 15) is 9.59 Å². The second kappa shape index (κ2) is 6.18. The maximum atomic E-state index is 12.2. The van der Waals surface area contributed by atoms with Gasteiger partial charge in [0.15, 0.2) is 0 Å². The molecule has 0 saturated heterocycles. The molecule has 3 N–H and O–H groups in total. The second-order valence-electron chi connectivity index (χ2n) is 5.38. The normalized spacial score (nSPS) is 12.6. The molecule has 1 amide bonds. The monoisotopic (exact) mass is 308 g/mol. The highest BCUT2D eigenvalue weighted by atomic mass is 35.5. The summed E-state index contributed by atoms with van der Waals surface area (Å²) in [6.07, 6.45) is 0.377. The maximum absolute atomic E-state index is 12.2. The molecule has 1 atom stereocenters. The van der Waals surface area contributed by atoms with Gasteiger partial charge in [-0.25, -0.2) is 4.79 Å². The lowest BCUT2D eigenvalue weighted by Gasteiger charge is -2.15. The molecule has 112 valence electrons. The summed E-state index contributed by atoms with van der Waals surface area (Å²) < 4.78 is 0. The number of hydrogen-bond acceptors (Lipinski definition) is 2. The van der Waals surface area contributed by atoms with E-state index in [1.165, 1.54) is 0 Å². The van der Waals surface area contributed by atoms with Crippen LogP contribution in [0.2, 0.25) is 5.02 Å². The number of carboxylic acids is 1. The van der Waals surface area contributed by atoms with Crippen LogP contribution < -0.4 is 5.32 Å². The van der Waals surface area contributed by atoms with Gasteiger partial charge in [-0.05, 0) is 24.5 Å². The Morgan fingerprint density at radius 1 is 1.38 bits per heavy atom. The molecular formula is C15H17ClN2O3. The molecular weight excluding hydrogens is 292 g/mol. The number of carbonyl (C=O) groups excluding carboxylic acids is 1. The molecule has 1 heterocycles. The van der Waals surface area contributed by atoms with E-state index in [1.807, 2.05) is 19.9 Å². The number of aromatic nitrogens is 1. The van der Waals surface area contributed by atoms with E-state index < -0.39 is 17.9 Å². The summed E-state index contributed by atoms with van der Waals surface area (Å²) >= 11 is 6.04. The van der Waals surface area contributed by atoms with Crippen LogP contribution >= 0.6 is 11.6 Å². The van der Waals surface area contributed by atoms with E-state index in [-0.39, 0.29) is 5.92 Å². The van der Waals surface area contributed by atoms with Gasteiger partial charge in [-0.2, -0.15) is 0 Å². The number of benzene rings is 1. The molecule has 1 unspecified atom stereocenters. The highest BCUT2D eigenvalue weighted by molar-refractivity contribution is 6.35. The minimum Gasteiger partial charge on any atom is -0.480 e. The third-order valence-corrected chi connectivity index (χ3v) is 3.48. The van der Waals surface area contributed by atoms with Crippen molar-refractivity contribution in [3.8, 4) is 0 Å². The first-order chi connectivity index (χ1) is 9.88. The van der Waals surface area contributed by atoms with E-state index in [0.29, 0.717) is 22.7 Å². The fourth-order valence-electron chi connectivity index (χ4n) is 2.17. The van der Waals surface area contributed by atoms with Crippen molar-refractivity contribution in [3.63, 3.8) is 0 Å². The van der Waals surface area contributed by atoms with E-state index in [4.69, 9.17) is 16.7 Å². The van der Waals surface area contributed by atoms with Gasteiger partial charge in [-0.1, -0.05) is 37.6 Å². The third-order valence-electron chi connectivity index (χ3n) is 3.16. The van der Waals surface area contributed by atoms with Crippen LogP contribution in [-0.2, 0) is 4.79 Å². The summed E-state index contributed by atoms with van der Waals surface area (Å²) in [6.45, 7) is 3.82. The molecule has 1 aromatic carbocycles. The average molecular weight is 309 g/mol. The topological polar surface area (TPSA) is 82.2 Å². The maximum Gasteiger partial charge on any atom is 0.326 e. The van der Waals surface area contributed by atoms with Gasteiger partial charge >= 0.3 is 5.97 Å². The largest absolute Gasteiger partial charge is 0.480 e. The number of hydrogen-bond donors (Lipinski definition) is 3. The van der Waals surface area contributed by atoms with Crippen molar-refractivity contribution in [1.29, 1.82) is 0 Å². The van der Waals surface area contributed by atoms with Crippen molar-refractivity contribution >= 4 is 34.4 Å². The van der Waals surface area contributed by atoms with E-state index in [2.05, 4.69) is 10.3 Å². The third kappa shape index (κ3) is 3.55. The number of carboxylic acid groups (broad SMARTS) is 1. The summed E-state index contributed by atoms with van der Waals surface area (Å²) in [5.41, 5.74) is 0.966. The van der Waals surface area contributed by atoms with Crippen LogP contribution in [0.25, 0.3) is 10.9 Å². The fraction of sp³-hybridized carbons (Fsp3) is 0.333. The van der Waals surface area contributed by atoms with Crippen LogP contribution in [-0.4, -0.2) is 28.0 Å². The van der Waals surface area contributed by atoms with Gasteiger partial charge in [0, 0.05) is 5.39 Å². The molecule has 2 rings (SSSR count). The summed E-state index contributed by atoms with van der Waals surface area (Å²) in [7, 11) is 0. The first-order valence-electron chi connectivity index (χ1n) is 6.69. The summed E-state index contributed by atoms with van der Waals surface area (Å²) in [5, 5.41) is 13.0. The molecule has 0 bridgehead atoms. The number of halogens is 1. The summed E-state index contributed by atoms with van der Waals surface area (Å²) in [4.78, 5) is 26.3. The van der Waals surface area contributed by atoms with Crippen molar-refractivity contribution in [2.45, 2.75) is 26.3 Å².